The maximum atomic E-state index is 12.6. The molecule has 3 aliphatic rings. The van der Waals surface area contributed by atoms with Crippen molar-refractivity contribution in [3.05, 3.63) is 46.4 Å². The van der Waals surface area contributed by atoms with Gasteiger partial charge in [-0.25, -0.2) is 8.42 Å². The Hall–Kier alpha value is -1.79. The van der Waals surface area contributed by atoms with E-state index in [9.17, 15) is 13.5 Å². The number of hydrogen-bond acceptors (Lipinski definition) is 5. The minimum absolute atomic E-state index is 0.0736. The van der Waals surface area contributed by atoms with Gasteiger partial charge in [0.15, 0.2) is 21.3 Å². The van der Waals surface area contributed by atoms with E-state index in [0.29, 0.717) is 16.7 Å². The number of likely N-dealkylation sites (N-methyl/N-ethyl adjacent to an activating group) is 1. The predicted molar refractivity (Wildman–Crippen MR) is 101 cm³/mol. The van der Waals surface area contributed by atoms with Gasteiger partial charge in [-0.2, -0.15) is 0 Å². The Balaban J connectivity index is 2.00. The summed E-state index contributed by atoms with van der Waals surface area (Å²) >= 11 is 0. The fourth-order valence-corrected chi connectivity index (χ4v) is 5.99. The molecule has 3 atom stereocenters. The average molecular weight is 375 g/mol. The zero-order chi connectivity index (χ0) is 18.7. The molecule has 0 amide bonds. The van der Waals surface area contributed by atoms with Crippen LogP contribution in [-0.2, 0) is 21.7 Å². The second-order valence-corrected chi connectivity index (χ2v) is 9.81. The number of phenols is 1. The lowest BCUT2D eigenvalue weighted by Crippen LogP contribution is -2.58. The maximum Gasteiger partial charge on any atom is 0.177 e. The SMILES string of the molecule is CCS(=O)(=O)C1=C[C@@]23CCN(C)[C@H](Cc4ccc(OC)c(O)c42)[C@@H]3C=C1. The van der Waals surface area contributed by atoms with E-state index < -0.39 is 15.3 Å². The molecular formula is C20H25NO4S. The number of piperidine rings is 1. The summed E-state index contributed by atoms with van der Waals surface area (Å²) in [6.45, 7) is 2.53. The van der Waals surface area contributed by atoms with Crippen LogP contribution in [0.2, 0.25) is 0 Å². The molecular weight excluding hydrogens is 350 g/mol. The fourth-order valence-electron chi connectivity index (χ4n) is 4.98. The number of nitrogens with zero attached hydrogens (tertiary/aromatic N) is 1. The van der Waals surface area contributed by atoms with Crippen molar-refractivity contribution in [2.24, 2.45) is 5.92 Å². The molecule has 0 aromatic heterocycles. The van der Waals surface area contributed by atoms with Crippen molar-refractivity contribution >= 4 is 9.84 Å². The van der Waals surface area contributed by atoms with Crippen molar-refractivity contribution in [3.8, 4) is 11.5 Å². The number of likely N-dealkylation sites (tertiary alicyclic amines) is 1. The molecule has 0 unspecified atom stereocenters. The van der Waals surface area contributed by atoms with Gasteiger partial charge in [0.05, 0.1) is 17.8 Å². The van der Waals surface area contributed by atoms with Gasteiger partial charge in [0.2, 0.25) is 0 Å². The first kappa shape index (κ1) is 17.6. The molecule has 2 aliphatic carbocycles. The first-order chi connectivity index (χ1) is 12.3. The monoisotopic (exact) mass is 375 g/mol. The lowest BCUT2D eigenvalue weighted by Gasteiger charge is -2.55. The molecule has 0 radical (unpaired) electrons. The first-order valence-electron chi connectivity index (χ1n) is 9.07. The highest BCUT2D eigenvalue weighted by Crippen LogP contribution is 2.56. The number of allylic oxidation sites excluding steroid dienone is 2. The van der Waals surface area contributed by atoms with Crippen molar-refractivity contribution in [2.75, 3.05) is 26.5 Å². The Morgan fingerprint density at radius 3 is 2.85 bits per heavy atom. The predicted octanol–water partition coefficient (Wildman–Crippen LogP) is 2.40. The highest BCUT2D eigenvalue weighted by molar-refractivity contribution is 7.95. The third-order valence-electron chi connectivity index (χ3n) is 6.40. The highest BCUT2D eigenvalue weighted by Gasteiger charge is 2.53. The average Bonchev–Trinajstić information content (AvgIpc) is 2.64. The number of methoxy groups -OCH3 is 1. The zero-order valence-electron chi connectivity index (χ0n) is 15.4. The van der Waals surface area contributed by atoms with E-state index in [4.69, 9.17) is 4.74 Å². The molecule has 1 aromatic carbocycles. The summed E-state index contributed by atoms with van der Waals surface area (Å²) in [5.74, 6) is 0.807. The van der Waals surface area contributed by atoms with Crippen molar-refractivity contribution in [1.29, 1.82) is 0 Å². The van der Waals surface area contributed by atoms with E-state index in [2.05, 4.69) is 11.9 Å². The number of sulfone groups is 1. The Bertz CT molecular complexity index is 918. The molecule has 6 heteroatoms. The standard InChI is InChI=1S/C20H25NO4S/c1-4-26(23,24)14-6-7-15-16-11-13-5-8-17(25-3)19(22)18(13)20(15,12-14)9-10-21(16)2/h5-8,12,15-16,22H,4,9-11H2,1-3H3/t15-,16+,20+/m0/s1. The molecule has 0 spiro atoms. The molecule has 1 saturated heterocycles. The van der Waals surface area contributed by atoms with Crippen LogP contribution in [0.5, 0.6) is 11.5 Å². The molecule has 2 bridgehead atoms. The van der Waals surface area contributed by atoms with E-state index in [-0.39, 0.29) is 17.4 Å². The number of ether oxygens (including phenoxy) is 1. The van der Waals surface area contributed by atoms with Gasteiger partial charge < -0.3 is 14.7 Å². The van der Waals surface area contributed by atoms with Crippen LogP contribution < -0.4 is 4.74 Å². The number of hydrogen-bond donors (Lipinski definition) is 1. The summed E-state index contributed by atoms with van der Waals surface area (Å²) < 4.78 is 30.5. The number of fused-ring (bicyclic) bond motifs is 1. The van der Waals surface area contributed by atoms with Crippen LogP contribution >= 0.6 is 0 Å². The van der Waals surface area contributed by atoms with Crippen LogP contribution in [0, 0.1) is 5.92 Å². The summed E-state index contributed by atoms with van der Waals surface area (Å²) in [5, 5.41) is 11.0. The molecule has 1 aromatic rings. The fraction of sp³-hybridized carbons (Fsp3) is 0.500. The highest BCUT2D eigenvalue weighted by atomic mass is 32.2. The normalized spacial score (nSPS) is 30.3. The van der Waals surface area contributed by atoms with Crippen LogP contribution in [0.3, 0.4) is 0 Å². The molecule has 1 N–H and O–H groups in total. The molecule has 140 valence electrons. The molecule has 1 fully saturated rings. The van der Waals surface area contributed by atoms with Crippen LogP contribution in [0.4, 0.5) is 0 Å². The summed E-state index contributed by atoms with van der Waals surface area (Å²) in [4.78, 5) is 2.72. The molecule has 1 aliphatic heterocycles. The molecule has 1 heterocycles. The minimum Gasteiger partial charge on any atom is -0.504 e. The maximum absolute atomic E-state index is 12.6. The lowest BCUT2D eigenvalue weighted by molar-refractivity contribution is 0.0778. The minimum atomic E-state index is -3.31. The largest absolute Gasteiger partial charge is 0.504 e. The number of rotatable bonds is 3. The quantitative estimate of drug-likeness (QED) is 0.879. The van der Waals surface area contributed by atoms with E-state index in [0.717, 1.165) is 30.5 Å². The van der Waals surface area contributed by atoms with Crippen LogP contribution in [0.25, 0.3) is 0 Å². The zero-order valence-corrected chi connectivity index (χ0v) is 16.2. The van der Waals surface area contributed by atoms with Gasteiger partial charge >= 0.3 is 0 Å². The van der Waals surface area contributed by atoms with Gasteiger partial charge in [0.25, 0.3) is 0 Å². The summed E-state index contributed by atoms with van der Waals surface area (Å²) in [6, 6.07) is 4.10. The summed E-state index contributed by atoms with van der Waals surface area (Å²) in [6.07, 6.45) is 7.32. The molecule has 0 saturated carbocycles. The van der Waals surface area contributed by atoms with Gasteiger partial charge in [0.1, 0.15) is 0 Å². The van der Waals surface area contributed by atoms with Gasteiger partial charge in [0, 0.05) is 22.9 Å². The topological polar surface area (TPSA) is 66.8 Å². The second-order valence-electron chi connectivity index (χ2n) is 7.53. The van der Waals surface area contributed by atoms with Gasteiger partial charge in [-0.1, -0.05) is 25.1 Å². The van der Waals surface area contributed by atoms with E-state index >= 15 is 0 Å². The van der Waals surface area contributed by atoms with E-state index in [1.807, 2.05) is 18.2 Å². The number of benzene rings is 1. The second kappa shape index (κ2) is 5.86. The van der Waals surface area contributed by atoms with Crippen LogP contribution in [0.15, 0.2) is 35.3 Å². The van der Waals surface area contributed by atoms with Gasteiger partial charge in [-0.3, -0.25) is 0 Å². The molecule has 5 nitrogen and oxygen atoms in total. The van der Waals surface area contributed by atoms with Gasteiger partial charge in [-0.15, -0.1) is 0 Å². The lowest BCUT2D eigenvalue weighted by atomic mass is 9.56. The molecule has 26 heavy (non-hydrogen) atoms. The van der Waals surface area contributed by atoms with Gasteiger partial charge in [-0.05, 0) is 44.1 Å². The van der Waals surface area contributed by atoms with Crippen molar-refractivity contribution in [2.45, 2.75) is 31.2 Å². The third kappa shape index (κ3) is 2.28. The third-order valence-corrected chi connectivity index (χ3v) is 8.13. The van der Waals surface area contributed by atoms with Crippen molar-refractivity contribution in [3.63, 3.8) is 0 Å². The Morgan fingerprint density at radius 1 is 1.38 bits per heavy atom. The molecule has 4 rings (SSSR count). The van der Waals surface area contributed by atoms with Crippen molar-refractivity contribution < 1.29 is 18.3 Å². The summed E-state index contributed by atoms with van der Waals surface area (Å²) in [5.41, 5.74) is 1.42. The Morgan fingerprint density at radius 2 is 2.15 bits per heavy atom. The Kier molecular flexibility index (Phi) is 3.97. The first-order valence-corrected chi connectivity index (χ1v) is 10.7. The number of aromatic hydroxyl groups is 1. The number of phenolic OH excluding ortho intramolecular Hbond substituents is 1. The summed E-state index contributed by atoms with van der Waals surface area (Å²) in [7, 11) is 0.356. The Labute approximate surface area is 154 Å². The van der Waals surface area contributed by atoms with Crippen molar-refractivity contribution in [1.82, 2.24) is 4.90 Å². The van der Waals surface area contributed by atoms with Crippen LogP contribution in [-0.4, -0.2) is 50.9 Å². The van der Waals surface area contributed by atoms with E-state index in [1.54, 1.807) is 26.2 Å². The van der Waals surface area contributed by atoms with E-state index in [1.165, 1.54) is 0 Å². The van der Waals surface area contributed by atoms with Crippen LogP contribution in [0.1, 0.15) is 24.5 Å². The smallest absolute Gasteiger partial charge is 0.177 e.